The maximum absolute atomic E-state index is 14.4. The second kappa shape index (κ2) is 14.9. The molecule has 2 aromatic carbocycles. The van der Waals surface area contributed by atoms with Gasteiger partial charge in [-0.15, -0.1) is 0 Å². The van der Waals surface area contributed by atoms with Crippen molar-refractivity contribution in [2.75, 3.05) is 31.2 Å². The first-order valence-electron chi connectivity index (χ1n) is 16.6. The van der Waals surface area contributed by atoms with Gasteiger partial charge >= 0.3 is 12.3 Å². The molecule has 0 aliphatic carbocycles. The van der Waals surface area contributed by atoms with Crippen molar-refractivity contribution in [3.05, 3.63) is 65.0 Å². The molecule has 3 heterocycles. The van der Waals surface area contributed by atoms with Crippen LogP contribution in [-0.4, -0.2) is 91.0 Å². The van der Waals surface area contributed by atoms with Crippen LogP contribution in [0.5, 0.6) is 0 Å². The molecule has 2 aromatic rings. The Kier molecular flexibility index (Phi) is 11.3. The first kappa shape index (κ1) is 37.0. The summed E-state index contributed by atoms with van der Waals surface area (Å²) in [6.07, 6.45) is -4.68. The lowest BCUT2D eigenvalue weighted by Crippen LogP contribution is -2.57. The molecule has 3 saturated heterocycles. The molecule has 0 spiro atoms. The van der Waals surface area contributed by atoms with Crippen LogP contribution in [0.1, 0.15) is 68.6 Å². The van der Waals surface area contributed by atoms with E-state index in [0.29, 0.717) is 31.2 Å². The van der Waals surface area contributed by atoms with Gasteiger partial charge in [0.15, 0.2) is 0 Å². The predicted molar refractivity (Wildman–Crippen MR) is 175 cm³/mol. The van der Waals surface area contributed by atoms with Crippen LogP contribution in [0.4, 0.5) is 28.0 Å². The smallest absolute Gasteiger partial charge is 0.416 e. The number of carboxylic acid groups (broad SMARTS) is 1. The minimum atomic E-state index is -4.79. The number of anilines is 1. The van der Waals surface area contributed by atoms with Crippen molar-refractivity contribution in [3.63, 3.8) is 0 Å². The van der Waals surface area contributed by atoms with Crippen molar-refractivity contribution in [3.8, 4) is 0 Å². The third kappa shape index (κ3) is 8.55. The van der Waals surface area contributed by atoms with Crippen molar-refractivity contribution in [1.29, 1.82) is 0 Å². The number of alkyl halides is 3. The van der Waals surface area contributed by atoms with Crippen molar-refractivity contribution in [2.45, 2.75) is 94.8 Å². The third-order valence-electron chi connectivity index (χ3n) is 10.1. The molecule has 0 saturated carbocycles. The van der Waals surface area contributed by atoms with Crippen LogP contribution in [0.25, 0.3) is 0 Å². The van der Waals surface area contributed by atoms with Crippen molar-refractivity contribution >= 4 is 27.7 Å². The van der Waals surface area contributed by atoms with Crippen LogP contribution in [0.2, 0.25) is 0 Å². The number of carbonyl (C=O) groups is 2. The summed E-state index contributed by atoms with van der Waals surface area (Å²) in [7, 11) is -2.36. The van der Waals surface area contributed by atoms with Crippen molar-refractivity contribution < 1.29 is 45.4 Å². The Morgan fingerprint density at radius 1 is 1.12 bits per heavy atom. The Morgan fingerprint density at radius 3 is 2.43 bits per heavy atom. The zero-order valence-electron chi connectivity index (χ0n) is 27.7. The second-order valence-corrected chi connectivity index (χ2v) is 15.6. The number of hydrogen-bond acceptors (Lipinski definition) is 6. The molecular weight excluding hydrogens is 668 g/mol. The number of fused-ring (bicyclic) bond motifs is 2. The molecule has 5 rings (SSSR count). The Morgan fingerprint density at radius 2 is 1.80 bits per heavy atom. The molecular formula is C34H44F4N4O6S. The van der Waals surface area contributed by atoms with Gasteiger partial charge in [-0.05, 0) is 93.7 Å². The number of ether oxygens (including phenoxy) is 1. The second-order valence-electron chi connectivity index (χ2n) is 13.5. The number of halogens is 4. The van der Waals surface area contributed by atoms with Gasteiger partial charge in [-0.2, -0.15) is 17.5 Å². The standard InChI is InChI=1S/C34H44F4N4O6S/c1-20-16-23(17-21(2)48-20)30(22-9-11-24(35)12-10-22)31(41(3)33(44)45)32(43)40-29-8-4-7-28(34(36,37)38)27(29)14-13-26-18-39-25-6-5-15-49(46,47)42(26)19-25/h4,7-12,20-21,23,25-26,30-31,39H,5-6,13-19H2,1-3H3,(H,40,43)(H,44,45)/t20-,21+,23?,25-,26+,30+,31+/m1/s1. The summed E-state index contributed by atoms with van der Waals surface area (Å²) < 4.78 is 90.7. The molecule has 8 atom stereocenters. The summed E-state index contributed by atoms with van der Waals surface area (Å²) in [5.41, 5.74) is -0.834. The van der Waals surface area contributed by atoms with Crippen molar-refractivity contribution in [1.82, 2.24) is 14.5 Å². The first-order valence-corrected chi connectivity index (χ1v) is 18.3. The molecule has 0 radical (unpaired) electrons. The van der Waals surface area contributed by atoms with Gasteiger partial charge in [-0.25, -0.2) is 17.6 Å². The molecule has 3 fully saturated rings. The maximum atomic E-state index is 14.4. The number of benzene rings is 2. The molecule has 3 aliphatic heterocycles. The molecule has 15 heteroatoms. The number of likely N-dealkylation sites (N-methyl/N-ethyl adjacent to an activating group) is 1. The third-order valence-corrected chi connectivity index (χ3v) is 12.0. The van der Waals surface area contributed by atoms with E-state index in [-0.39, 0.29) is 67.1 Å². The molecule has 2 amide bonds. The van der Waals surface area contributed by atoms with Gasteiger partial charge in [0.05, 0.1) is 23.5 Å². The zero-order chi connectivity index (χ0) is 35.7. The lowest BCUT2D eigenvalue weighted by atomic mass is 9.73. The summed E-state index contributed by atoms with van der Waals surface area (Å²) in [6, 6.07) is 6.84. The van der Waals surface area contributed by atoms with Crippen LogP contribution in [0, 0.1) is 11.7 Å². The minimum Gasteiger partial charge on any atom is -0.465 e. The SMILES string of the molecule is C[C@@H]1CC([C@H](c2ccc(F)cc2)[C@@H](C(=O)Nc2cccc(C(F)(F)F)c2CC[C@H]2CN[C@@H]3CCCS(=O)(=O)N2C3)N(C)C(=O)O)C[C@H](C)O1. The summed E-state index contributed by atoms with van der Waals surface area (Å²) in [5, 5.41) is 16.1. The number of hydrogen-bond donors (Lipinski definition) is 3. The average Bonchev–Trinajstić information content (AvgIpc) is 3.13. The highest BCUT2D eigenvalue weighted by molar-refractivity contribution is 7.89. The largest absolute Gasteiger partial charge is 0.465 e. The molecule has 2 unspecified atom stereocenters. The summed E-state index contributed by atoms with van der Waals surface area (Å²) in [5.74, 6) is -2.47. The number of carbonyl (C=O) groups excluding carboxylic acids is 1. The zero-order valence-corrected chi connectivity index (χ0v) is 28.6. The van der Waals surface area contributed by atoms with Gasteiger partial charge in [0, 0.05) is 43.8 Å². The number of nitrogens with one attached hydrogen (secondary N) is 2. The Hall–Kier alpha value is -3.27. The van der Waals surface area contributed by atoms with Gasteiger partial charge in [0.25, 0.3) is 0 Å². The number of piperazine rings is 1. The van der Waals surface area contributed by atoms with E-state index in [1.807, 2.05) is 13.8 Å². The van der Waals surface area contributed by atoms with Gasteiger partial charge in [0.2, 0.25) is 15.9 Å². The Labute approximate surface area is 284 Å². The van der Waals surface area contributed by atoms with E-state index >= 15 is 0 Å². The van der Waals surface area contributed by atoms with Gasteiger partial charge in [-0.3, -0.25) is 9.69 Å². The molecule has 270 valence electrons. The molecule has 0 aromatic heterocycles. The highest BCUT2D eigenvalue weighted by Crippen LogP contribution is 2.42. The topological polar surface area (TPSA) is 128 Å². The van der Waals surface area contributed by atoms with Crippen molar-refractivity contribution in [2.24, 2.45) is 5.92 Å². The summed E-state index contributed by atoms with van der Waals surface area (Å²) in [4.78, 5) is 27.6. The first-order chi connectivity index (χ1) is 23.0. The van der Waals surface area contributed by atoms with E-state index in [9.17, 15) is 40.7 Å². The van der Waals surface area contributed by atoms with E-state index in [1.165, 1.54) is 47.8 Å². The highest BCUT2D eigenvalue weighted by atomic mass is 32.2. The van der Waals surface area contributed by atoms with Gasteiger partial charge in [-0.1, -0.05) is 18.2 Å². The summed E-state index contributed by atoms with van der Waals surface area (Å²) in [6.45, 7) is 4.27. The lowest BCUT2D eigenvalue weighted by Gasteiger charge is -2.42. The maximum Gasteiger partial charge on any atom is 0.416 e. The average molecular weight is 713 g/mol. The lowest BCUT2D eigenvalue weighted by molar-refractivity contribution is -0.138. The van der Waals surface area contributed by atoms with Crippen LogP contribution < -0.4 is 10.6 Å². The Balaban J connectivity index is 1.51. The van der Waals surface area contributed by atoms with Crippen LogP contribution in [0.3, 0.4) is 0 Å². The minimum absolute atomic E-state index is 0.0234. The number of rotatable bonds is 9. The van der Waals surface area contributed by atoms with E-state index in [2.05, 4.69) is 10.6 Å². The molecule has 10 nitrogen and oxygen atoms in total. The van der Waals surface area contributed by atoms with E-state index in [4.69, 9.17) is 4.74 Å². The van der Waals surface area contributed by atoms with E-state index in [1.54, 1.807) is 0 Å². The molecule has 2 bridgehead atoms. The van der Waals surface area contributed by atoms with Crippen LogP contribution in [0.15, 0.2) is 42.5 Å². The number of amides is 2. The van der Waals surface area contributed by atoms with Crippen LogP contribution in [-0.2, 0) is 32.2 Å². The summed E-state index contributed by atoms with van der Waals surface area (Å²) >= 11 is 0. The monoisotopic (exact) mass is 712 g/mol. The molecule has 49 heavy (non-hydrogen) atoms. The molecule has 3 N–H and O–H groups in total. The fraction of sp³-hybridized carbons (Fsp3) is 0.588. The highest BCUT2D eigenvalue weighted by Gasteiger charge is 2.44. The number of nitrogens with zero attached hydrogens (tertiary/aromatic N) is 2. The fourth-order valence-electron chi connectivity index (χ4n) is 7.85. The number of sulfonamides is 1. The van der Waals surface area contributed by atoms with Gasteiger partial charge in [0.1, 0.15) is 11.9 Å². The van der Waals surface area contributed by atoms with Crippen LogP contribution >= 0.6 is 0 Å². The molecule has 3 aliphatic rings. The predicted octanol–water partition coefficient (Wildman–Crippen LogP) is 5.45. The Bertz CT molecular complexity index is 1600. The fourth-order valence-corrected chi connectivity index (χ4v) is 9.65. The van der Waals surface area contributed by atoms with Gasteiger partial charge < -0.3 is 20.5 Å². The normalized spacial score (nSPS) is 28.1. The van der Waals surface area contributed by atoms with E-state index in [0.717, 1.165) is 11.0 Å². The quantitative estimate of drug-likeness (QED) is 0.295. The van der Waals surface area contributed by atoms with E-state index < -0.39 is 57.6 Å².